The zero-order chi connectivity index (χ0) is 23.0. The number of carbonyl (C=O) groups excluding carboxylic acids is 1. The van der Waals surface area contributed by atoms with Crippen molar-refractivity contribution in [3.05, 3.63) is 51.2 Å². The number of hydrogen-bond acceptors (Lipinski definition) is 8. The van der Waals surface area contributed by atoms with E-state index in [1.807, 2.05) is 38.1 Å². The Morgan fingerprint density at radius 2 is 2.03 bits per heavy atom. The van der Waals surface area contributed by atoms with E-state index in [0.717, 1.165) is 32.2 Å². The van der Waals surface area contributed by atoms with Crippen LogP contribution in [0.25, 0.3) is 11.3 Å². The number of aromatic nitrogens is 3. The zero-order valence-electron chi connectivity index (χ0n) is 17.5. The van der Waals surface area contributed by atoms with Gasteiger partial charge in [-0.15, -0.1) is 11.3 Å². The van der Waals surface area contributed by atoms with Gasteiger partial charge in [0.15, 0.2) is 11.6 Å². The van der Waals surface area contributed by atoms with Crippen LogP contribution < -0.4 is 10.2 Å². The van der Waals surface area contributed by atoms with Gasteiger partial charge < -0.3 is 15.2 Å². The first kappa shape index (κ1) is 22.4. The predicted octanol–water partition coefficient (Wildman–Crippen LogP) is 4.58. The molecule has 168 valence electrons. The van der Waals surface area contributed by atoms with Gasteiger partial charge in [-0.1, -0.05) is 23.7 Å². The molecule has 3 atom stereocenters. The standard InChI is InChI=1S/C21H21ClFN5O3S/c1-10(19-26-17(12(3)32-19)13-4-6-14(22)7-5-13)25-20-24-8-15(23)18(27-20)28-16(11(2)29)9-31-21(28)30/h4-8,10-11,16,29H,9H2,1-3H3,(H,24,25,27)/t10?,11-,16-/m1/s1. The first-order valence-corrected chi connectivity index (χ1v) is 11.1. The van der Waals surface area contributed by atoms with Gasteiger partial charge in [0.2, 0.25) is 5.95 Å². The number of amides is 1. The summed E-state index contributed by atoms with van der Waals surface area (Å²) < 4.78 is 19.4. The molecule has 0 bridgehead atoms. The van der Waals surface area contributed by atoms with Crippen LogP contribution in [0.4, 0.5) is 21.0 Å². The number of nitrogens with zero attached hydrogens (tertiary/aromatic N) is 4. The maximum atomic E-state index is 14.5. The molecule has 1 aliphatic heterocycles. The van der Waals surface area contributed by atoms with Gasteiger partial charge in [0.05, 0.1) is 24.0 Å². The molecule has 8 nitrogen and oxygen atoms in total. The molecule has 0 radical (unpaired) electrons. The number of nitrogens with one attached hydrogen (secondary N) is 1. The molecule has 1 amide bonds. The number of hydrogen-bond donors (Lipinski definition) is 2. The molecule has 3 heterocycles. The Balaban J connectivity index is 1.57. The maximum absolute atomic E-state index is 14.5. The number of cyclic esters (lactones) is 1. The largest absolute Gasteiger partial charge is 0.447 e. The van der Waals surface area contributed by atoms with Crippen LogP contribution >= 0.6 is 22.9 Å². The van der Waals surface area contributed by atoms with Crippen LogP contribution in [0.1, 0.15) is 29.8 Å². The molecule has 11 heteroatoms. The second-order valence-electron chi connectivity index (χ2n) is 7.45. The van der Waals surface area contributed by atoms with Crippen LogP contribution in [0.3, 0.4) is 0 Å². The molecule has 4 rings (SSSR count). The van der Waals surface area contributed by atoms with E-state index in [-0.39, 0.29) is 24.4 Å². The van der Waals surface area contributed by atoms with Crippen LogP contribution in [-0.4, -0.2) is 44.9 Å². The lowest BCUT2D eigenvalue weighted by molar-refractivity contribution is 0.142. The summed E-state index contributed by atoms with van der Waals surface area (Å²) in [4.78, 5) is 27.1. The molecule has 0 saturated carbocycles. The molecule has 0 aliphatic carbocycles. The molecule has 0 spiro atoms. The Bertz CT molecular complexity index is 1140. The number of thiazole rings is 1. The quantitative estimate of drug-likeness (QED) is 0.535. The van der Waals surface area contributed by atoms with Crippen LogP contribution in [0.5, 0.6) is 0 Å². The third-order valence-corrected chi connectivity index (χ3v) is 6.47. The van der Waals surface area contributed by atoms with Crippen molar-refractivity contribution in [1.82, 2.24) is 15.0 Å². The molecular formula is C21H21ClFN5O3S. The number of anilines is 2. The number of rotatable bonds is 6. The number of halogens is 2. The average molecular weight is 478 g/mol. The number of carbonyl (C=O) groups is 1. The number of aryl methyl sites for hydroxylation is 1. The van der Waals surface area contributed by atoms with Crippen molar-refractivity contribution in [3.63, 3.8) is 0 Å². The number of aliphatic hydroxyl groups is 1. The predicted molar refractivity (Wildman–Crippen MR) is 121 cm³/mol. The van der Waals surface area contributed by atoms with E-state index in [4.69, 9.17) is 21.3 Å². The Morgan fingerprint density at radius 1 is 1.31 bits per heavy atom. The molecule has 1 saturated heterocycles. The molecule has 1 fully saturated rings. The topological polar surface area (TPSA) is 100 Å². The zero-order valence-corrected chi connectivity index (χ0v) is 19.1. The molecule has 2 N–H and O–H groups in total. The second-order valence-corrected chi connectivity index (χ2v) is 9.12. The molecule has 1 aromatic carbocycles. The van der Waals surface area contributed by atoms with Crippen molar-refractivity contribution in [3.8, 4) is 11.3 Å². The summed E-state index contributed by atoms with van der Waals surface area (Å²) in [7, 11) is 0. The van der Waals surface area contributed by atoms with Gasteiger partial charge in [0.25, 0.3) is 0 Å². The van der Waals surface area contributed by atoms with Crippen molar-refractivity contribution in [2.75, 3.05) is 16.8 Å². The van der Waals surface area contributed by atoms with Gasteiger partial charge in [0.1, 0.15) is 17.7 Å². The van der Waals surface area contributed by atoms with Gasteiger partial charge >= 0.3 is 6.09 Å². The summed E-state index contributed by atoms with van der Waals surface area (Å²) in [5.74, 6) is -0.915. The molecule has 3 aromatic rings. The second kappa shape index (κ2) is 8.97. The Labute approximate surface area is 193 Å². The highest BCUT2D eigenvalue weighted by Crippen LogP contribution is 2.32. The van der Waals surface area contributed by atoms with E-state index in [1.54, 1.807) is 0 Å². The molecule has 1 aliphatic rings. The fourth-order valence-electron chi connectivity index (χ4n) is 3.36. The number of ether oxygens (including phenoxy) is 1. The molecule has 2 aromatic heterocycles. The lowest BCUT2D eigenvalue weighted by atomic mass is 10.1. The van der Waals surface area contributed by atoms with E-state index >= 15 is 0 Å². The smallest absolute Gasteiger partial charge is 0.416 e. The Kier molecular flexibility index (Phi) is 6.27. The van der Waals surface area contributed by atoms with Gasteiger partial charge in [-0.25, -0.2) is 24.1 Å². The van der Waals surface area contributed by atoms with Gasteiger partial charge in [-0.2, -0.15) is 4.98 Å². The number of aliphatic hydroxyl groups excluding tert-OH is 1. The third-order valence-electron chi connectivity index (χ3n) is 5.06. The fraction of sp³-hybridized carbons (Fsp3) is 0.333. The number of benzene rings is 1. The highest BCUT2D eigenvalue weighted by atomic mass is 35.5. The van der Waals surface area contributed by atoms with Gasteiger partial charge in [-0.05, 0) is 32.9 Å². The van der Waals surface area contributed by atoms with E-state index in [9.17, 15) is 14.3 Å². The summed E-state index contributed by atoms with van der Waals surface area (Å²) in [6.07, 6.45) is -0.708. The van der Waals surface area contributed by atoms with E-state index in [1.165, 1.54) is 18.3 Å². The minimum Gasteiger partial charge on any atom is -0.447 e. The average Bonchev–Trinajstić information content (AvgIpc) is 3.33. The molecular weight excluding hydrogens is 457 g/mol. The van der Waals surface area contributed by atoms with Crippen molar-refractivity contribution in [2.24, 2.45) is 0 Å². The van der Waals surface area contributed by atoms with Crippen molar-refractivity contribution in [2.45, 2.75) is 39.0 Å². The monoisotopic (exact) mass is 477 g/mol. The minimum atomic E-state index is -0.921. The lowest BCUT2D eigenvalue weighted by Gasteiger charge is -2.23. The van der Waals surface area contributed by atoms with Crippen molar-refractivity contribution >= 4 is 40.8 Å². The lowest BCUT2D eigenvalue weighted by Crippen LogP contribution is -2.42. The van der Waals surface area contributed by atoms with Crippen LogP contribution in [0, 0.1) is 12.7 Å². The SMILES string of the molecule is Cc1sc(C(C)Nc2ncc(F)c(N3C(=O)OC[C@@H]3[C@@H](C)O)n2)nc1-c1ccc(Cl)cc1. The first-order valence-electron chi connectivity index (χ1n) is 9.91. The summed E-state index contributed by atoms with van der Waals surface area (Å²) in [5, 5.41) is 14.5. The van der Waals surface area contributed by atoms with E-state index < -0.39 is 24.1 Å². The fourth-order valence-corrected chi connectivity index (χ4v) is 4.44. The first-order chi connectivity index (χ1) is 15.2. The maximum Gasteiger partial charge on any atom is 0.416 e. The van der Waals surface area contributed by atoms with Gasteiger partial charge in [-0.3, -0.25) is 0 Å². The summed E-state index contributed by atoms with van der Waals surface area (Å²) in [6, 6.07) is 6.44. The minimum absolute atomic E-state index is 0.0506. The summed E-state index contributed by atoms with van der Waals surface area (Å²) in [5.41, 5.74) is 1.81. The normalized spacial score (nSPS) is 17.9. The Morgan fingerprint density at radius 3 is 2.72 bits per heavy atom. The van der Waals surface area contributed by atoms with Crippen molar-refractivity contribution < 1.29 is 19.0 Å². The third kappa shape index (κ3) is 4.38. The van der Waals surface area contributed by atoms with Crippen LogP contribution in [-0.2, 0) is 4.74 Å². The van der Waals surface area contributed by atoms with Crippen LogP contribution in [0.15, 0.2) is 30.5 Å². The van der Waals surface area contributed by atoms with Crippen LogP contribution in [0.2, 0.25) is 5.02 Å². The highest BCUT2D eigenvalue weighted by molar-refractivity contribution is 7.12. The molecule has 32 heavy (non-hydrogen) atoms. The summed E-state index contributed by atoms with van der Waals surface area (Å²) in [6.45, 7) is 5.33. The van der Waals surface area contributed by atoms with Gasteiger partial charge in [0, 0.05) is 15.5 Å². The highest BCUT2D eigenvalue weighted by Gasteiger charge is 2.39. The Hall–Kier alpha value is -2.82. The summed E-state index contributed by atoms with van der Waals surface area (Å²) >= 11 is 7.50. The van der Waals surface area contributed by atoms with Crippen molar-refractivity contribution in [1.29, 1.82) is 0 Å². The van der Waals surface area contributed by atoms with E-state index in [2.05, 4.69) is 15.3 Å². The molecule has 1 unspecified atom stereocenters. The van der Waals surface area contributed by atoms with E-state index in [0.29, 0.717) is 5.02 Å².